The normalized spacial score (nSPS) is 14.5. The first kappa shape index (κ1) is 20.6. The summed E-state index contributed by atoms with van der Waals surface area (Å²) in [7, 11) is 0. The van der Waals surface area contributed by atoms with Gasteiger partial charge in [0.2, 0.25) is 5.91 Å². The van der Waals surface area contributed by atoms with Crippen molar-refractivity contribution in [2.45, 2.75) is 27.3 Å². The van der Waals surface area contributed by atoms with Crippen molar-refractivity contribution in [2.24, 2.45) is 0 Å². The van der Waals surface area contributed by atoms with Crippen LogP contribution in [0, 0.1) is 25.2 Å². The number of aromatic nitrogens is 1. The van der Waals surface area contributed by atoms with Crippen LogP contribution < -0.4 is 10.2 Å². The Balaban J connectivity index is 1.74. The van der Waals surface area contributed by atoms with E-state index < -0.39 is 0 Å². The van der Waals surface area contributed by atoms with Crippen molar-refractivity contribution >= 4 is 17.6 Å². The Labute approximate surface area is 171 Å². The lowest BCUT2D eigenvalue weighted by Crippen LogP contribution is -3.15. The molecule has 0 radical (unpaired) electrons. The molecule has 1 aliphatic rings. The number of rotatable bonds is 5. The minimum absolute atomic E-state index is 0.0804. The van der Waals surface area contributed by atoms with Gasteiger partial charge < -0.3 is 19.7 Å². The van der Waals surface area contributed by atoms with E-state index in [2.05, 4.69) is 11.4 Å². The zero-order chi connectivity index (χ0) is 21.0. The van der Waals surface area contributed by atoms with E-state index in [1.54, 1.807) is 6.92 Å². The minimum Gasteiger partial charge on any atom is -0.332 e. The van der Waals surface area contributed by atoms with E-state index >= 15 is 0 Å². The predicted octanol–water partition coefficient (Wildman–Crippen LogP) is 0.710. The Hall–Kier alpha value is -3.11. The largest absolute Gasteiger partial charge is 0.332 e. The minimum atomic E-state index is -0.111. The molecule has 7 heteroatoms. The number of hydrogen-bond acceptors (Lipinski definition) is 3. The van der Waals surface area contributed by atoms with Crippen molar-refractivity contribution in [3.05, 3.63) is 52.7 Å². The van der Waals surface area contributed by atoms with Crippen molar-refractivity contribution in [2.75, 3.05) is 38.0 Å². The van der Waals surface area contributed by atoms with E-state index in [9.17, 15) is 14.9 Å². The average molecular weight is 394 g/mol. The molecule has 2 aromatic rings. The molecule has 0 aliphatic carbocycles. The van der Waals surface area contributed by atoms with Gasteiger partial charge in [-0.3, -0.25) is 9.59 Å². The molecule has 1 fully saturated rings. The third-order valence-electron chi connectivity index (χ3n) is 5.71. The lowest BCUT2D eigenvalue weighted by Gasteiger charge is -2.31. The molecule has 29 heavy (non-hydrogen) atoms. The van der Waals surface area contributed by atoms with Gasteiger partial charge in [0.05, 0.1) is 31.7 Å². The molecule has 1 aliphatic heterocycles. The first-order valence-electron chi connectivity index (χ1n) is 9.93. The summed E-state index contributed by atoms with van der Waals surface area (Å²) >= 11 is 0. The van der Waals surface area contributed by atoms with Gasteiger partial charge in [-0.2, -0.15) is 5.26 Å². The molecule has 0 saturated carbocycles. The van der Waals surface area contributed by atoms with E-state index in [0.29, 0.717) is 37.6 Å². The molecule has 1 saturated heterocycles. The van der Waals surface area contributed by atoms with Crippen LogP contribution in [-0.2, 0) is 16.1 Å². The number of quaternary nitrogens is 1. The number of carbonyl (C=O) groups excluding carboxylic acids is 2. The van der Waals surface area contributed by atoms with Gasteiger partial charge in [-0.25, -0.2) is 0 Å². The van der Waals surface area contributed by atoms with Crippen LogP contribution in [0.2, 0.25) is 0 Å². The Morgan fingerprint density at radius 2 is 1.83 bits per heavy atom. The molecule has 2 heterocycles. The highest BCUT2D eigenvalue weighted by atomic mass is 16.2. The number of piperazine rings is 1. The van der Waals surface area contributed by atoms with Crippen molar-refractivity contribution in [3.8, 4) is 6.07 Å². The van der Waals surface area contributed by atoms with Gasteiger partial charge in [-0.1, -0.05) is 30.3 Å². The van der Waals surface area contributed by atoms with Gasteiger partial charge >= 0.3 is 0 Å². The molecule has 0 unspecified atom stereocenters. The van der Waals surface area contributed by atoms with Crippen LogP contribution in [0.3, 0.4) is 0 Å². The standard InChI is InChI=1S/C22H27N5O2/c1-16-17(2)27(14-19-7-5-4-6-8-19)22(20(16)13-23)24-21(29)15-25-9-11-26(12-10-25)18(3)28/h4-8H,9-12,14-15H2,1-3H3,(H,24,29)/p+1. The molecule has 2 amide bonds. The topological polar surface area (TPSA) is 82.6 Å². The fraction of sp³-hybridized carbons (Fsp3) is 0.409. The second-order valence-corrected chi connectivity index (χ2v) is 7.60. The smallest absolute Gasteiger partial charge is 0.280 e. The molecule has 0 atom stereocenters. The lowest BCUT2D eigenvalue weighted by molar-refractivity contribution is -0.895. The second-order valence-electron chi connectivity index (χ2n) is 7.60. The second kappa shape index (κ2) is 8.93. The zero-order valence-corrected chi connectivity index (χ0v) is 17.3. The molecule has 0 bridgehead atoms. The number of benzene rings is 1. The van der Waals surface area contributed by atoms with Gasteiger partial charge in [0, 0.05) is 19.2 Å². The van der Waals surface area contributed by atoms with E-state index in [1.807, 2.05) is 53.6 Å². The summed E-state index contributed by atoms with van der Waals surface area (Å²) in [6.07, 6.45) is 0. The lowest BCUT2D eigenvalue weighted by atomic mass is 10.2. The fourth-order valence-corrected chi connectivity index (χ4v) is 3.81. The number of hydrogen-bond donors (Lipinski definition) is 2. The third kappa shape index (κ3) is 4.66. The van der Waals surface area contributed by atoms with Crippen LogP contribution >= 0.6 is 0 Å². The van der Waals surface area contributed by atoms with Crippen LogP contribution in [0.1, 0.15) is 29.3 Å². The van der Waals surface area contributed by atoms with Crippen LogP contribution in [0.5, 0.6) is 0 Å². The first-order chi connectivity index (χ1) is 13.9. The van der Waals surface area contributed by atoms with Gasteiger partial charge in [0.1, 0.15) is 11.9 Å². The maximum atomic E-state index is 12.8. The maximum Gasteiger partial charge on any atom is 0.280 e. The third-order valence-corrected chi connectivity index (χ3v) is 5.71. The average Bonchev–Trinajstić information content (AvgIpc) is 2.93. The van der Waals surface area contributed by atoms with E-state index in [4.69, 9.17) is 0 Å². The van der Waals surface area contributed by atoms with E-state index in [-0.39, 0.29) is 11.8 Å². The Kier molecular flexibility index (Phi) is 6.35. The first-order valence-corrected chi connectivity index (χ1v) is 9.93. The highest BCUT2D eigenvalue weighted by Gasteiger charge is 2.25. The zero-order valence-electron chi connectivity index (χ0n) is 17.3. The van der Waals surface area contributed by atoms with Gasteiger partial charge in [-0.15, -0.1) is 0 Å². The maximum absolute atomic E-state index is 12.8. The molecule has 1 aromatic carbocycles. The molecule has 7 nitrogen and oxygen atoms in total. The number of amides is 2. The number of nitriles is 1. The molecular formula is C22H28N5O2+. The molecule has 2 N–H and O–H groups in total. The van der Waals surface area contributed by atoms with Crippen molar-refractivity contribution in [1.82, 2.24) is 9.47 Å². The fourth-order valence-electron chi connectivity index (χ4n) is 3.81. The van der Waals surface area contributed by atoms with Crippen LogP contribution in [0.4, 0.5) is 5.82 Å². The van der Waals surface area contributed by atoms with Gasteiger partial charge in [0.25, 0.3) is 5.91 Å². The monoisotopic (exact) mass is 394 g/mol. The van der Waals surface area contributed by atoms with Crippen molar-refractivity contribution in [3.63, 3.8) is 0 Å². The Morgan fingerprint density at radius 1 is 1.17 bits per heavy atom. The Morgan fingerprint density at radius 3 is 2.41 bits per heavy atom. The molecule has 0 spiro atoms. The number of nitrogens with zero attached hydrogens (tertiary/aromatic N) is 3. The van der Waals surface area contributed by atoms with Crippen molar-refractivity contribution < 1.29 is 14.5 Å². The van der Waals surface area contributed by atoms with E-state index in [0.717, 1.165) is 34.8 Å². The van der Waals surface area contributed by atoms with Crippen LogP contribution in [0.25, 0.3) is 0 Å². The predicted molar refractivity (Wildman–Crippen MR) is 111 cm³/mol. The summed E-state index contributed by atoms with van der Waals surface area (Å²) in [5.41, 5.74) is 3.49. The van der Waals surface area contributed by atoms with Gasteiger partial charge in [0.15, 0.2) is 6.54 Å². The summed E-state index contributed by atoms with van der Waals surface area (Å²) in [5, 5.41) is 12.7. The highest BCUT2D eigenvalue weighted by molar-refractivity contribution is 5.92. The number of anilines is 1. The Bertz CT molecular complexity index is 934. The van der Waals surface area contributed by atoms with Crippen LogP contribution in [0.15, 0.2) is 30.3 Å². The van der Waals surface area contributed by atoms with E-state index in [1.165, 1.54) is 0 Å². The summed E-state index contributed by atoms with van der Waals surface area (Å²) in [6, 6.07) is 12.2. The molecule has 3 rings (SSSR count). The SMILES string of the molecule is CC(=O)N1CC[NH+](CC(=O)Nc2c(C#N)c(C)c(C)n2Cc2ccccc2)CC1. The molecular weight excluding hydrogens is 366 g/mol. The molecule has 152 valence electrons. The highest BCUT2D eigenvalue weighted by Crippen LogP contribution is 2.27. The van der Waals surface area contributed by atoms with Crippen molar-refractivity contribution in [1.29, 1.82) is 5.26 Å². The van der Waals surface area contributed by atoms with Crippen LogP contribution in [-0.4, -0.2) is 54.0 Å². The molecule has 1 aromatic heterocycles. The summed E-state index contributed by atoms with van der Waals surface area (Å²) in [4.78, 5) is 27.2. The summed E-state index contributed by atoms with van der Waals surface area (Å²) in [6.45, 7) is 9.22. The van der Waals surface area contributed by atoms with Gasteiger partial charge in [-0.05, 0) is 25.0 Å². The number of nitrogens with one attached hydrogen (secondary N) is 2. The number of carbonyl (C=O) groups is 2. The summed E-state index contributed by atoms with van der Waals surface area (Å²) in [5.74, 6) is 0.537. The summed E-state index contributed by atoms with van der Waals surface area (Å²) < 4.78 is 2.00. The quantitative estimate of drug-likeness (QED) is 0.784.